The summed E-state index contributed by atoms with van der Waals surface area (Å²) in [6.45, 7) is 0.261. The van der Waals surface area contributed by atoms with Gasteiger partial charge < -0.3 is 4.74 Å². The highest BCUT2D eigenvalue weighted by atomic mass is 32.1. The van der Waals surface area contributed by atoms with Crippen LogP contribution in [0.3, 0.4) is 0 Å². The molecule has 142 valence electrons. The summed E-state index contributed by atoms with van der Waals surface area (Å²) in [5.41, 5.74) is 1.20. The van der Waals surface area contributed by atoms with Crippen molar-refractivity contribution in [1.29, 1.82) is 0 Å². The average molecular weight is 392 g/mol. The van der Waals surface area contributed by atoms with Gasteiger partial charge in [0.1, 0.15) is 11.5 Å². The number of rotatable bonds is 5. The first-order valence-corrected chi connectivity index (χ1v) is 9.18. The molecule has 5 nitrogen and oxygen atoms in total. The topological polar surface area (TPSA) is 53.2 Å². The SMILES string of the molecule is C.O=c1sn(-c2ccc(Oc3ccccc3)cc2)c(=O)n1Cc1ccccc1. The quantitative estimate of drug-likeness (QED) is 0.501. The number of hydrogen-bond acceptors (Lipinski definition) is 4. The van der Waals surface area contributed by atoms with E-state index in [4.69, 9.17) is 4.74 Å². The van der Waals surface area contributed by atoms with Gasteiger partial charge in [0, 0.05) is 11.5 Å². The minimum absolute atomic E-state index is 0. The van der Waals surface area contributed by atoms with E-state index in [0.717, 1.165) is 22.8 Å². The lowest BCUT2D eigenvalue weighted by atomic mass is 10.2. The fourth-order valence-corrected chi connectivity index (χ4v) is 3.49. The Hall–Kier alpha value is -3.38. The van der Waals surface area contributed by atoms with Crippen molar-refractivity contribution >= 4 is 11.5 Å². The number of hydrogen-bond donors (Lipinski definition) is 0. The second-order valence-corrected chi connectivity index (χ2v) is 6.81. The van der Waals surface area contributed by atoms with Crippen LogP contribution in [-0.2, 0) is 6.54 Å². The van der Waals surface area contributed by atoms with Crippen molar-refractivity contribution in [2.75, 3.05) is 0 Å². The number of aromatic nitrogens is 2. The first-order valence-electron chi connectivity index (χ1n) is 8.41. The average Bonchev–Trinajstić information content (AvgIpc) is 2.98. The predicted molar refractivity (Wildman–Crippen MR) is 113 cm³/mol. The third kappa shape index (κ3) is 4.13. The molecule has 0 saturated carbocycles. The molecule has 0 spiro atoms. The van der Waals surface area contributed by atoms with Gasteiger partial charge in [0.25, 0.3) is 0 Å². The fraction of sp³-hybridized carbons (Fsp3) is 0.0909. The molecule has 0 aliphatic heterocycles. The van der Waals surface area contributed by atoms with Crippen molar-refractivity contribution < 1.29 is 4.74 Å². The Bertz CT molecular complexity index is 1140. The Kier molecular flexibility index (Phi) is 5.91. The van der Waals surface area contributed by atoms with Gasteiger partial charge >= 0.3 is 10.6 Å². The molecule has 0 bridgehead atoms. The maximum absolute atomic E-state index is 12.7. The van der Waals surface area contributed by atoms with Gasteiger partial charge in [-0.3, -0.25) is 4.79 Å². The third-order valence-electron chi connectivity index (χ3n) is 4.03. The van der Waals surface area contributed by atoms with Crippen molar-refractivity contribution in [2.24, 2.45) is 0 Å². The second-order valence-electron chi connectivity index (χ2n) is 5.91. The van der Waals surface area contributed by atoms with Crippen molar-refractivity contribution in [1.82, 2.24) is 8.52 Å². The molecule has 0 unspecified atom stereocenters. The summed E-state index contributed by atoms with van der Waals surface area (Å²) in [4.78, 5) is 24.7. The molecule has 0 N–H and O–H groups in total. The Morgan fingerprint density at radius 1 is 0.750 bits per heavy atom. The van der Waals surface area contributed by atoms with E-state index in [2.05, 4.69) is 0 Å². The lowest BCUT2D eigenvalue weighted by molar-refractivity contribution is 0.482. The molecule has 0 atom stereocenters. The maximum Gasteiger partial charge on any atom is 0.346 e. The Morgan fingerprint density at radius 3 is 1.96 bits per heavy atom. The molecule has 4 aromatic rings. The van der Waals surface area contributed by atoms with Crippen molar-refractivity contribution in [3.05, 3.63) is 111 Å². The molecule has 3 aromatic carbocycles. The van der Waals surface area contributed by atoms with Crippen LogP contribution in [0.2, 0.25) is 0 Å². The van der Waals surface area contributed by atoms with Crippen LogP contribution < -0.4 is 15.3 Å². The van der Waals surface area contributed by atoms with Gasteiger partial charge in [-0.15, -0.1) is 0 Å². The molecular weight excluding hydrogens is 372 g/mol. The number of ether oxygens (including phenoxy) is 1. The normalized spacial score (nSPS) is 10.3. The summed E-state index contributed by atoms with van der Waals surface area (Å²) in [5, 5.41) is 0. The van der Waals surface area contributed by atoms with E-state index in [0.29, 0.717) is 11.4 Å². The van der Waals surface area contributed by atoms with Crippen LogP contribution in [-0.4, -0.2) is 8.52 Å². The Labute approximate surface area is 166 Å². The van der Waals surface area contributed by atoms with Gasteiger partial charge in [0.05, 0.1) is 12.2 Å². The van der Waals surface area contributed by atoms with Crippen LogP contribution in [0.15, 0.2) is 94.5 Å². The van der Waals surface area contributed by atoms with E-state index in [-0.39, 0.29) is 24.5 Å². The zero-order chi connectivity index (χ0) is 18.6. The first kappa shape index (κ1) is 19.4. The molecule has 1 aromatic heterocycles. The molecule has 0 saturated heterocycles. The van der Waals surface area contributed by atoms with E-state index in [9.17, 15) is 9.59 Å². The number of benzene rings is 3. The van der Waals surface area contributed by atoms with Crippen molar-refractivity contribution in [3.63, 3.8) is 0 Å². The molecule has 6 heteroatoms. The molecule has 0 aliphatic rings. The standard InChI is InChI=1S/C21H16N2O3S.CH4/c24-20-22(15-16-7-3-1-4-8-16)21(25)27-23(20)17-11-13-19(14-12-17)26-18-9-5-2-6-10-18;/h1-14H,15H2;1H4. The molecule has 0 amide bonds. The monoisotopic (exact) mass is 392 g/mol. The van der Waals surface area contributed by atoms with Gasteiger partial charge in [-0.25, -0.2) is 13.3 Å². The lowest BCUT2D eigenvalue weighted by Gasteiger charge is -2.06. The lowest BCUT2D eigenvalue weighted by Crippen LogP contribution is -2.28. The van der Waals surface area contributed by atoms with Gasteiger partial charge in [0.15, 0.2) is 0 Å². The summed E-state index contributed by atoms with van der Waals surface area (Å²) >= 11 is 0.894. The van der Waals surface area contributed by atoms with Gasteiger partial charge in [-0.2, -0.15) is 0 Å². The minimum atomic E-state index is -0.342. The molecule has 1 heterocycles. The highest BCUT2D eigenvalue weighted by Gasteiger charge is 2.12. The molecule has 28 heavy (non-hydrogen) atoms. The van der Waals surface area contributed by atoms with Crippen LogP contribution in [0.5, 0.6) is 11.5 Å². The first-order chi connectivity index (χ1) is 13.2. The Morgan fingerprint density at radius 2 is 1.32 bits per heavy atom. The van der Waals surface area contributed by atoms with Crippen molar-refractivity contribution in [3.8, 4) is 17.2 Å². The third-order valence-corrected chi connectivity index (χ3v) is 4.95. The molecule has 0 fully saturated rings. The van der Waals surface area contributed by atoms with Gasteiger partial charge in [0.2, 0.25) is 0 Å². The van der Waals surface area contributed by atoms with Crippen molar-refractivity contribution in [2.45, 2.75) is 14.0 Å². The van der Waals surface area contributed by atoms with Crippen LogP contribution in [0.25, 0.3) is 5.69 Å². The molecule has 0 aliphatic carbocycles. The summed E-state index contributed by atoms with van der Waals surface area (Å²) in [6, 6.07) is 26.0. The largest absolute Gasteiger partial charge is 0.457 e. The number of nitrogens with zero attached hydrogens (tertiary/aromatic N) is 2. The van der Waals surface area contributed by atoms with E-state index in [1.54, 1.807) is 24.3 Å². The second kappa shape index (κ2) is 8.54. The molecular formula is C22H20N2O3S. The zero-order valence-corrected chi connectivity index (χ0v) is 15.1. The maximum atomic E-state index is 12.7. The fourth-order valence-electron chi connectivity index (χ4n) is 2.69. The van der Waals surface area contributed by atoms with Crippen LogP contribution in [0.1, 0.15) is 13.0 Å². The molecule has 0 radical (unpaired) electrons. The van der Waals surface area contributed by atoms with E-state index in [1.807, 2.05) is 60.7 Å². The highest BCUT2D eigenvalue weighted by molar-refractivity contribution is 7.03. The minimum Gasteiger partial charge on any atom is -0.457 e. The summed E-state index contributed by atoms with van der Waals surface area (Å²) in [7, 11) is 0. The van der Waals surface area contributed by atoms with Gasteiger partial charge in [-0.05, 0) is 42.0 Å². The van der Waals surface area contributed by atoms with Crippen LogP contribution in [0.4, 0.5) is 0 Å². The smallest absolute Gasteiger partial charge is 0.346 e. The summed E-state index contributed by atoms with van der Waals surface area (Å²) < 4.78 is 8.40. The van der Waals surface area contributed by atoms with Crippen LogP contribution >= 0.6 is 11.5 Å². The number of para-hydroxylation sites is 1. The molecule has 4 rings (SSSR count). The van der Waals surface area contributed by atoms with E-state index < -0.39 is 0 Å². The zero-order valence-electron chi connectivity index (χ0n) is 14.3. The summed E-state index contributed by atoms with van der Waals surface area (Å²) in [5.74, 6) is 1.40. The highest BCUT2D eigenvalue weighted by Crippen LogP contribution is 2.22. The van der Waals surface area contributed by atoms with Gasteiger partial charge in [-0.1, -0.05) is 56.0 Å². The Balaban J connectivity index is 0.00000225. The van der Waals surface area contributed by atoms with Crippen LogP contribution in [0, 0.1) is 0 Å². The van der Waals surface area contributed by atoms with E-state index in [1.165, 1.54) is 8.52 Å². The van der Waals surface area contributed by atoms with E-state index >= 15 is 0 Å². The summed E-state index contributed by atoms with van der Waals surface area (Å²) in [6.07, 6.45) is 0. The predicted octanol–water partition coefficient (Wildman–Crippen LogP) is 4.54.